The quantitative estimate of drug-likeness (QED) is 0.852. The molecule has 0 amide bonds. The minimum Gasteiger partial charge on any atom is -0.494 e. The molecule has 2 aromatic rings. The maximum atomic E-state index is 11.5. The van der Waals surface area contributed by atoms with E-state index in [1.807, 2.05) is 0 Å². The van der Waals surface area contributed by atoms with Gasteiger partial charge in [-0.25, -0.2) is 9.78 Å². The summed E-state index contributed by atoms with van der Waals surface area (Å²) in [6.07, 6.45) is 2.58. The van der Waals surface area contributed by atoms with Crippen molar-refractivity contribution in [2.45, 2.75) is 32.0 Å². The second kappa shape index (κ2) is 5.96. The van der Waals surface area contributed by atoms with Gasteiger partial charge >= 0.3 is 5.97 Å². The second-order valence-electron chi connectivity index (χ2n) is 7.72. The van der Waals surface area contributed by atoms with E-state index < -0.39 is 5.97 Å². The number of hydrogen-bond acceptors (Lipinski definition) is 5. The van der Waals surface area contributed by atoms with E-state index in [9.17, 15) is 9.90 Å². The first-order chi connectivity index (χ1) is 12.6. The lowest BCUT2D eigenvalue weighted by atomic mass is 10.1. The Bertz CT molecular complexity index is 863. The zero-order valence-electron chi connectivity index (χ0n) is 14.9. The molecule has 0 spiro atoms. The molecule has 1 aromatic heterocycles. The van der Waals surface area contributed by atoms with E-state index >= 15 is 0 Å². The monoisotopic (exact) mass is 357 g/mol. The molecule has 3 unspecified atom stereocenters. The van der Waals surface area contributed by atoms with Gasteiger partial charge in [-0.3, -0.25) is 4.90 Å². The number of aromatic carboxylic acids is 1. The first-order valence-electron chi connectivity index (χ1n) is 9.26. The Balaban J connectivity index is 1.56. The Kier molecular flexibility index (Phi) is 3.68. The molecule has 2 saturated heterocycles. The van der Waals surface area contributed by atoms with Crippen LogP contribution in [0.5, 0.6) is 5.75 Å². The largest absolute Gasteiger partial charge is 0.494 e. The van der Waals surface area contributed by atoms with E-state index in [1.165, 1.54) is 6.42 Å². The zero-order chi connectivity index (χ0) is 17.8. The standard InChI is InChI=1S/C19H23N3O4/c1-25-16-6-11(19(23)24)5-15-18(16)20-17(22(15)9-14-2-3-26-14)10-21-7-12-4-13(12)8-21/h5-6,12-14H,2-4,7-10H2,1H3,(H,23,24). The molecule has 1 aromatic carbocycles. The number of carboxylic acid groups (broad SMARTS) is 1. The van der Waals surface area contributed by atoms with Gasteiger partial charge in [0.25, 0.3) is 0 Å². The molecule has 0 radical (unpaired) electrons. The Morgan fingerprint density at radius 1 is 1.38 bits per heavy atom. The first-order valence-corrected chi connectivity index (χ1v) is 9.26. The van der Waals surface area contributed by atoms with Gasteiger partial charge in [-0.05, 0) is 36.8 Å². The lowest BCUT2D eigenvalue weighted by molar-refractivity contribution is -0.0591. The fraction of sp³-hybridized carbons (Fsp3) is 0.579. The molecule has 1 N–H and O–H groups in total. The Labute approximate surface area is 151 Å². The number of methoxy groups -OCH3 is 1. The number of piperidine rings is 1. The van der Waals surface area contributed by atoms with Crippen molar-refractivity contribution in [3.63, 3.8) is 0 Å². The van der Waals surface area contributed by atoms with Gasteiger partial charge in [-0.2, -0.15) is 0 Å². The molecule has 2 aliphatic heterocycles. The van der Waals surface area contributed by atoms with Gasteiger partial charge in [0, 0.05) is 19.7 Å². The molecule has 5 rings (SSSR count). The highest BCUT2D eigenvalue weighted by molar-refractivity contribution is 5.95. The van der Waals surface area contributed by atoms with Crippen LogP contribution in [0.2, 0.25) is 0 Å². The summed E-state index contributed by atoms with van der Waals surface area (Å²) in [5.41, 5.74) is 1.77. The highest BCUT2D eigenvalue weighted by Gasteiger charge is 2.45. The number of ether oxygens (including phenoxy) is 2. The van der Waals surface area contributed by atoms with E-state index in [0.717, 1.165) is 61.4 Å². The third kappa shape index (κ3) is 2.66. The van der Waals surface area contributed by atoms with Gasteiger partial charge in [-0.15, -0.1) is 0 Å². The van der Waals surface area contributed by atoms with Crippen molar-refractivity contribution in [2.75, 3.05) is 26.8 Å². The molecule has 3 atom stereocenters. The van der Waals surface area contributed by atoms with E-state index in [1.54, 1.807) is 19.2 Å². The van der Waals surface area contributed by atoms with E-state index in [4.69, 9.17) is 14.5 Å². The predicted molar refractivity (Wildman–Crippen MR) is 94.5 cm³/mol. The summed E-state index contributed by atoms with van der Waals surface area (Å²) in [6.45, 7) is 4.58. The number of fused-ring (bicyclic) bond motifs is 2. The van der Waals surface area contributed by atoms with E-state index in [-0.39, 0.29) is 11.7 Å². The van der Waals surface area contributed by atoms with Crippen molar-refractivity contribution >= 4 is 17.0 Å². The van der Waals surface area contributed by atoms with Crippen molar-refractivity contribution < 1.29 is 19.4 Å². The third-order valence-electron chi connectivity index (χ3n) is 5.96. The molecule has 26 heavy (non-hydrogen) atoms. The fourth-order valence-corrected chi connectivity index (χ4v) is 4.30. The summed E-state index contributed by atoms with van der Waals surface area (Å²) < 4.78 is 13.2. The molecule has 7 nitrogen and oxygen atoms in total. The molecule has 7 heteroatoms. The van der Waals surface area contributed by atoms with Crippen LogP contribution >= 0.6 is 0 Å². The third-order valence-corrected chi connectivity index (χ3v) is 5.96. The number of carbonyl (C=O) groups is 1. The fourth-order valence-electron chi connectivity index (χ4n) is 4.30. The van der Waals surface area contributed by atoms with Crippen LogP contribution in [0.25, 0.3) is 11.0 Å². The van der Waals surface area contributed by atoms with Gasteiger partial charge in [-0.1, -0.05) is 0 Å². The van der Waals surface area contributed by atoms with Crippen LogP contribution in [-0.2, 0) is 17.8 Å². The molecule has 1 saturated carbocycles. The minimum absolute atomic E-state index is 0.178. The van der Waals surface area contributed by atoms with Crippen molar-refractivity contribution in [3.05, 3.63) is 23.5 Å². The summed E-state index contributed by atoms with van der Waals surface area (Å²) in [5.74, 6) is 2.27. The lowest BCUT2D eigenvalue weighted by Gasteiger charge is -2.28. The van der Waals surface area contributed by atoms with Gasteiger partial charge in [0.15, 0.2) is 0 Å². The topological polar surface area (TPSA) is 76.8 Å². The van der Waals surface area contributed by atoms with Crippen LogP contribution in [0.3, 0.4) is 0 Å². The van der Waals surface area contributed by atoms with Crippen molar-refractivity contribution in [3.8, 4) is 5.75 Å². The number of carboxylic acids is 1. The van der Waals surface area contributed by atoms with Gasteiger partial charge in [0.1, 0.15) is 17.1 Å². The summed E-state index contributed by atoms with van der Waals surface area (Å²) in [5, 5.41) is 9.45. The number of benzene rings is 1. The van der Waals surface area contributed by atoms with Gasteiger partial charge < -0.3 is 19.1 Å². The average Bonchev–Trinajstić information content (AvgIpc) is 3.05. The smallest absolute Gasteiger partial charge is 0.335 e. The maximum Gasteiger partial charge on any atom is 0.335 e. The molecular formula is C19H23N3O4. The van der Waals surface area contributed by atoms with Gasteiger partial charge in [0.2, 0.25) is 0 Å². The van der Waals surface area contributed by atoms with Crippen LogP contribution < -0.4 is 4.74 Å². The highest BCUT2D eigenvalue weighted by atomic mass is 16.5. The molecule has 138 valence electrons. The predicted octanol–water partition coefficient (Wildman–Crippen LogP) is 1.98. The normalized spacial score (nSPS) is 27.3. The molecule has 0 bridgehead atoms. The maximum absolute atomic E-state index is 11.5. The van der Waals surface area contributed by atoms with Gasteiger partial charge in [0.05, 0.1) is 37.4 Å². The summed E-state index contributed by atoms with van der Waals surface area (Å²) in [6, 6.07) is 3.26. The summed E-state index contributed by atoms with van der Waals surface area (Å²) in [7, 11) is 1.56. The Morgan fingerprint density at radius 3 is 2.77 bits per heavy atom. The van der Waals surface area contributed by atoms with Crippen LogP contribution in [-0.4, -0.2) is 58.4 Å². The van der Waals surface area contributed by atoms with E-state index in [2.05, 4.69) is 9.47 Å². The molecule has 3 heterocycles. The lowest BCUT2D eigenvalue weighted by Crippen LogP contribution is -2.32. The SMILES string of the molecule is COc1cc(C(=O)O)cc2c1nc(CN1CC3CC3C1)n2CC1CCO1. The van der Waals surface area contributed by atoms with E-state index in [0.29, 0.717) is 12.3 Å². The number of rotatable bonds is 6. The minimum atomic E-state index is -0.959. The number of aromatic nitrogens is 2. The van der Waals surface area contributed by atoms with Crippen LogP contribution in [0.1, 0.15) is 29.0 Å². The molecule has 1 aliphatic carbocycles. The number of nitrogens with zero attached hydrogens (tertiary/aromatic N) is 3. The van der Waals surface area contributed by atoms with Crippen molar-refractivity contribution in [2.24, 2.45) is 11.8 Å². The summed E-state index contributed by atoms with van der Waals surface area (Å²) >= 11 is 0. The number of hydrogen-bond donors (Lipinski definition) is 1. The first kappa shape index (κ1) is 16.1. The average molecular weight is 357 g/mol. The van der Waals surface area contributed by atoms with Crippen LogP contribution in [0.15, 0.2) is 12.1 Å². The Hall–Kier alpha value is -2.12. The Morgan fingerprint density at radius 2 is 2.15 bits per heavy atom. The van der Waals surface area contributed by atoms with Crippen LogP contribution in [0.4, 0.5) is 0 Å². The van der Waals surface area contributed by atoms with Crippen molar-refractivity contribution in [1.29, 1.82) is 0 Å². The highest BCUT2D eigenvalue weighted by Crippen LogP contribution is 2.45. The number of imidazole rings is 1. The molecule has 3 aliphatic rings. The zero-order valence-corrected chi connectivity index (χ0v) is 14.9. The summed E-state index contributed by atoms with van der Waals surface area (Å²) in [4.78, 5) is 18.8. The number of likely N-dealkylation sites (tertiary alicyclic amines) is 1. The molecular weight excluding hydrogens is 334 g/mol. The second-order valence-corrected chi connectivity index (χ2v) is 7.72. The van der Waals surface area contributed by atoms with Crippen molar-refractivity contribution in [1.82, 2.24) is 14.5 Å². The molecule has 3 fully saturated rings. The van der Waals surface area contributed by atoms with Crippen LogP contribution in [0, 0.1) is 11.8 Å².